The molecule has 0 fully saturated rings. The summed E-state index contributed by atoms with van der Waals surface area (Å²) in [6, 6.07) is 17.6. The van der Waals surface area contributed by atoms with Crippen LogP contribution < -0.4 is 15.0 Å². The van der Waals surface area contributed by atoms with E-state index in [9.17, 15) is 4.79 Å². The molecule has 3 aromatic rings. The number of carbonyl (C=O) groups is 1. The van der Waals surface area contributed by atoms with Crippen LogP contribution in [0.1, 0.15) is 22.3 Å². The molecule has 27 heavy (non-hydrogen) atoms. The lowest BCUT2D eigenvalue weighted by Crippen LogP contribution is -2.35. The van der Waals surface area contributed by atoms with E-state index in [0.29, 0.717) is 5.56 Å². The maximum atomic E-state index is 13.1. The molecular formula is C22H21N3O2. The van der Waals surface area contributed by atoms with E-state index in [0.717, 1.165) is 42.2 Å². The Balaban J connectivity index is 1.56. The number of amides is 1. The maximum absolute atomic E-state index is 13.1. The van der Waals surface area contributed by atoms with Gasteiger partial charge in [0.15, 0.2) is 0 Å². The minimum absolute atomic E-state index is 0.0203. The van der Waals surface area contributed by atoms with Gasteiger partial charge in [-0.25, -0.2) is 0 Å². The molecule has 0 saturated carbocycles. The fourth-order valence-electron chi connectivity index (χ4n) is 3.37. The normalized spacial score (nSPS) is 13.0. The van der Waals surface area contributed by atoms with Crippen LogP contribution in [0.4, 0.5) is 17.1 Å². The van der Waals surface area contributed by atoms with Gasteiger partial charge in [0.2, 0.25) is 0 Å². The highest BCUT2D eigenvalue weighted by Crippen LogP contribution is 2.28. The van der Waals surface area contributed by atoms with Crippen LogP contribution >= 0.6 is 0 Å². The van der Waals surface area contributed by atoms with Gasteiger partial charge in [-0.3, -0.25) is 9.78 Å². The van der Waals surface area contributed by atoms with Crippen molar-refractivity contribution >= 4 is 23.0 Å². The molecule has 1 aliphatic rings. The fraction of sp³-hybridized carbons (Fsp3) is 0.182. The predicted octanol–water partition coefficient (Wildman–Crippen LogP) is 4.43. The summed E-state index contributed by atoms with van der Waals surface area (Å²) < 4.78 is 5.18. The van der Waals surface area contributed by atoms with Gasteiger partial charge in [-0.15, -0.1) is 0 Å². The van der Waals surface area contributed by atoms with Crippen molar-refractivity contribution in [2.24, 2.45) is 0 Å². The number of hydrogen-bond acceptors (Lipinski definition) is 4. The molecule has 0 bridgehead atoms. The van der Waals surface area contributed by atoms with E-state index in [1.54, 1.807) is 19.5 Å². The Morgan fingerprint density at radius 2 is 1.89 bits per heavy atom. The van der Waals surface area contributed by atoms with Crippen molar-refractivity contribution in [3.8, 4) is 5.75 Å². The second-order valence-corrected chi connectivity index (χ2v) is 6.50. The molecule has 0 atom stereocenters. The fourth-order valence-corrected chi connectivity index (χ4v) is 3.37. The Labute approximate surface area is 158 Å². The van der Waals surface area contributed by atoms with Crippen molar-refractivity contribution in [3.05, 3.63) is 78.1 Å². The first-order chi connectivity index (χ1) is 13.2. The third-order valence-corrected chi connectivity index (χ3v) is 4.72. The van der Waals surface area contributed by atoms with Crippen LogP contribution in [0.15, 0.2) is 67.0 Å². The number of nitrogens with zero attached hydrogens (tertiary/aromatic N) is 2. The number of fused-ring (bicyclic) bond motifs is 1. The zero-order valence-electron chi connectivity index (χ0n) is 15.2. The molecule has 2 aromatic carbocycles. The quantitative estimate of drug-likeness (QED) is 0.749. The molecule has 5 heteroatoms. The summed E-state index contributed by atoms with van der Waals surface area (Å²) in [6.45, 7) is 0.728. The third-order valence-electron chi connectivity index (χ3n) is 4.72. The monoisotopic (exact) mass is 359 g/mol. The van der Waals surface area contributed by atoms with E-state index in [1.807, 2.05) is 53.4 Å². The number of pyridine rings is 1. The van der Waals surface area contributed by atoms with Crippen molar-refractivity contribution in [2.75, 3.05) is 23.9 Å². The lowest BCUT2D eigenvalue weighted by Gasteiger charge is -2.29. The first-order valence-corrected chi connectivity index (χ1v) is 9.00. The third kappa shape index (κ3) is 3.62. The summed E-state index contributed by atoms with van der Waals surface area (Å²) in [4.78, 5) is 19.2. The van der Waals surface area contributed by atoms with E-state index >= 15 is 0 Å². The number of para-hydroxylation sites is 1. The maximum Gasteiger partial charge on any atom is 0.259 e. The molecule has 0 saturated heterocycles. The summed E-state index contributed by atoms with van der Waals surface area (Å²) in [6.07, 6.45) is 5.32. The van der Waals surface area contributed by atoms with Crippen molar-refractivity contribution in [1.82, 2.24) is 4.98 Å². The lowest BCUT2D eigenvalue weighted by atomic mass is 10.0. The molecular weight excluding hydrogens is 338 g/mol. The molecule has 136 valence electrons. The zero-order valence-corrected chi connectivity index (χ0v) is 15.2. The summed E-state index contributed by atoms with van der Waals surface area (Å²) in [5.41, 5.74) is 4.48. The molecule has 0 radical (unpaired) electrons. The molecule has 2 heterocycles. The van der Waals surface area contributed by atoms with Crippen LogP contribution in [0.2, 0.25) is 0 Å². The molecule has 1 amide bonds. The summed E-state index contributed by atoms with van der Waals surface area (Å²) in [5.74, 6) is 0.777. The van der Waals surface area contributed by atoms with Crippen LogP contribution in [0.5, 0.6) is 5.75 Å². The molecule has 1 aliphatic heterocycles. The highest BCUT2D eigenvalue weighted by atomic mass is 16.5. The number of methoxy groups -OCH3 is 1. The number of benzene rings is 2. The largest absolute Gasteiger partial charge is 0.497 e. The van der Waals surface area contributed by atoms with Crippen LogP contribution in [0, 0.1) is 0 Å². The lowest BCUT2D eigenvalue weighted by molar-refractivity contribution is 0.0985. The van der Waals surface area contributed by atoms with Crippen LogP contribution in [-0.4, -0.2) is 24.5 Å². The molecule has 0 unspecified atom stereocenters. The van der Waals surface area contributed by atoms with E-state index in [2.05, 4.69) is 16.4 Å². The van der Waals surface area contributed by atoms with Gasteiger partial charge in [-0.05, 0) is 54.8 Å². The Morgan fingerprint density at radius 3 is 2.70 bits per heavy atom. The zero-order chi connectivity index (χ0) is 18.6. The number of hydrogen-bond donors (Lipinski definition) is 1. The molecule has 4 rings (SSSR count). The topological polar surface area (TPSA) is 54.5 Å². The van der Waals surface area contributed by atoms with E-state index < -0.39 is 0 Å². The van der Waals surface area contributed by atoms with Gasteiger partial charge >= 0.3 is 0 Å². The van der Waals surface area contributed by atoms with Gasteiger partial charge in [0.1, 0.15) is 5.75 Å². The van der Waals surface area contributed by atoms with E-state index in [1.165, 1.54) is 5.56 Å². The Morgan fingerprint density at radius 1 is 1.07 bits per heavy atom. The Bertz CT molecular complexity index is 954. The number of rotatable bonds is 4. The molecule has 1 aromatic heterocycles. The summed E-state index contributed by atoms with van der Waals surface area (Å²) in [5, 5.41) is 3.28. The predicted molar refractivity (Wildman–Crippen MR) is 107 cm³/mol. The van der Waals surface area contributed by atoms with Gasteiger partial charge in [-0.1, -0.05) is 18.2 Å². The summed E-state index contributed by atoms with van der Waals surface area (Å²) >= 11 is 0. The van der Waals surface area contributed by atoms with E-state index in [4.69, 9.17) is 4.74 Å². The smallest absolute Gasteiger partial charge is 0.259 e. The van der Waals surface area contributed by atoms with Crippen LogP contribution in [-0.2, 0) is 6.42 Å². The van der Waals surface area contributed by atoms with Crippen molar-refractivity contribution < 1.29 is 9.53 Å². The highest BCUT2D eigenvalue weighted by molar-refractivity contribution is 6.07. The molecule has 0 spiro atoms. The van der Waals surface area contributed by atoms with Crippen molar-refractivity contribution in [3.63, 3.8) is 0 Å². The second-order valence-electron chi connectivity index (χ2n) is 6.50. The minimum Gasteiger partial charge on any atom is -0.497 e. The second kappa shape index (κ2) is 7.50. The number of anilines is 3. The van der Waals surface area contributed by atoms with Crippen molar-refractivity contribution in [2.45, 2.75) is 12.8 Å². The number of ether oxygens (including phenoxy) is 1. The Kier molecular flexibility index (Phi) is 4.75. The molecule has 0 aliphatic carbocycles. The average molecular weight is 359 g/mol. The number of aryl methyl sites for hydroxylation is 1. The number of carbonyl (C=O) groups excluding carboxylic acids is 1. The van der Waals surface area contributed by atoms with Gasteiger partial charge < -0.3 is 15.0 Å². The van der Waals surface area contributed by atoms with Gasteiger partial charge in [0.05, 0.1) is 24.6 Å². The SMILES string of the molecule is COc1ccc(Nc2cncc(C(=O)N3CCCc4ccccc43)c2)cc1. The first-order valence-electron chi connectivity index (χ1n) is 9.00. The van der Waals surface area contributed by atoms with Crippen molar-refractivity contribution in [1.29, 1.82) is 0 Å². The van der Waals surface area contributed by atoms with Crippen LogP contribution in [0.3, 0.4) is 0 Å². The standard InChI is InChI=1S/C22H21N3O2/c1-27-20-10-8-18(9-11-20)24-19-13-17(14-23-15-19)22(26)25-12-4-6-16-5-2-3-7-21(16)25/h2-3,5,7-11,13-15,24H,4,6,12H2,1H3. The van der Waals surface area contributed by atoms with Gasteiger partial charge in [0, 0.05) is 24.1 Å². The van der Waals surface area contributed by atoms with Gasteiger partial charge in [0.25, 0.3) is 5.91 Å². The van der Waals surface area contributed by atoms with Crippen LogP contribution in [0.25, 0.3) is 0 Å². The summed E-state index contributed by atoms with van der Waals surface area (Å²) in [7, 11) is 1.64. The average Bonchev–Trinajstić information content (AvgIpc) is 2.73. The molecule has 1 N–H and O–H groups in total. The first kappa shape index (κ1) is 17.1. The number of aromatic nitrogens is 1. The van der Waals surface area contributed by atoms with Gasteiger partial charge in [-0.2, -0.15) is 0 Å². The highest BCUT2D eigenvalue weighted by Gasteiger charge is 2.23. The minimum atomic E-state index is -0.0203. The van der Waals surface area contributed by atoms with E-state index in [-0.39, 0.29) is 5.91 Å². The Hall–Kier alpha value is -3.34. The molecule has 5 nitrogen and oxygen atoms in total. The number of nitrogens with one attached hydrogen (secondary N) is 1.